The Bertz CT molecular complexity index is 677. The maximum absolute atomic E-state index is 13.5. The lowest BCUT2D eigenvalue weighted by Gasteiger charge is -2.06. The first kappa shape index (κ1) is 13.5. The Morgan fingerprint density at radius 3 is 2.85 bits per heavy atom. The number of aromatic nitrogens is 2. The number of nitrogens with zero attached hydrogens (tertiary/aromatic N) is 2. The van der Waals surface area contributed by atoms with Gasteiger partial charge in [-0.2, -0.15) is 5.10 Å². The number of nitro groups is 1. The number of aromatic hydroxyl groups is 1. The van der Waals surface area contributed by atoms with E-state index in [1.54, 1.807) is 0 Å². The van der Waals surface area contributed by atoms with Crippen LogP contribution in [0, 0.1) is 22.9 Å². The summed E-state index contributed by atoms with van der Waals surface area (Å²) < 4.78 is 13.5. The average molecular weight is 280 g/mol. The van der Waals surface area contributed by atoms with Crippen LogP contribution >= 0.6 is 0 Å². The summed E-state index contributed by atoms with van der Waals surface area (Å²) in [6.45, 7) is 1.38. The van der Waals surface area contributed by atoms with Gasteiger partial charge in [-0.25, -0.2) is 4.39 Å². The van der Waals surface area contributed by atoms with Gasteiger partial charge in [-0.1, -0.05) is 6.07 Å². The monoisotopic (exact) mass is 280 g/mol. The van der Waals surface area contributed by atoms with Crippen LogP contribution in [-0.4, -0.2) is 26.1 Å². The molecule has 0 aliphatic carbocycles. The van der Waals surface area contributed by atoms with Crippen molar-refractivity contribution in [2.75, 3.05) is 5.32 Å². The Morgan fingerprint density at radius 2 is 2.25 bits per heavy atom. The molecule has 8 nitrogen and oxygen atoms in total. The minimum absolute atomic E-state index is 0.0953. The number of benzene rings is 1. The lowest BCUT2D eigenvalue weighted by molar-refractivity contribution is -0.385. The molecule has 0 saturated carbocycles. The number of aryl methyl sites for hydroxylation is 1. The van der Waals surface area contributed by atoms with E-state index in [0.717, 1.165) is 6.07 Å². The summed E-state index contributed by atoms with van der Waals surface area (Å²) in [5.74, 6) is -2.36. The number of aromatic amines is 1. The topological polar surface area (TPSA) is 121 Å². The number of hydrogen-bond donors (Lipinski definition) is 3. The molecule has 1 aromatic carbocycles. The zero-order valence-corrected chi connectivity index (χ0v) is 10.2. The standard InChI is InChI=1S/C11H9FN4O4/c1-5-10(16(19)20)9(15-14-5)11(18)13-8-6(12)3-2-4-7(8)17/h2-4,17H,1H3,(H,13,18)(H,14,15). The molecule has 1 amide bonds. The Balaban J connectivity index is 2.37. The van der Waals surface area contributed by atoms with Crippen LogP contribution < -0.4 is 5.32 Å². The summed E-state index contributed by atoms with van der Waals surface area (Å²) in [6.07, 6.45) is 0. The van der Waals surface area contributed by atoms with Gasteiger partial charge in [-0.3, -0.25) is 20.0 Å². The first-order chi connectivity index (χ1) is 9.41. The van der Waals surface area contributed by atoms with Gasteiger partial charge in [0.15, 0.2) is 5.82 Å². The van der Waals surface area contributed by atoms with Crippen LogP contribution in [0.1, 0.15) is 16.2 Å². The van der Waals surface area contributed by atoms with Gasteiger partial charge in [0.25, 0.3) is 5.91 Å². The molecule has 20 heavy (non-hydrogen) atoms. The van der Waals surface area contributed by atoms with E-state index in [0.29, 0.717) is 0 Å². The van der Waals surface area contributed by atoms with Crippen molar-refractivity contribution in [3.05, 3.63) is 45.5 Å². The number of para-hydroxylation sites is 1. The first-order valence-corrected chi connectivity index (χ1v) is 5.40. The molecule has 0 radical (unpaired) electrons. The molecule has 9 heteroatoms. The highest BCUT2D eigenvalue weighted by Crippen LogP contribution is 2.27. The number of rotatable bonds is 3. The molecule has 3 N–H and O–H groups in total. The molecular formula is C11H9FN4O4. The number of amides is 1. The smallest absolute Gasteiger partial charge is 0.322 e. The van der Waals surface area contributed by atoms with E-state index in [1.165, 1.54) is 19.1 Å². The normalized spacial score (nSPS) is 10.3. The van der Waals surface area contributed by atoms with Gasteiger partial charge >= 0.3 is 5.69 Å². The molecule has 2 rings (SSSR count). The van der Waals surface area contributed by atoms with Crippen LogP contribution in [0.5, 0.6) is 5.75 Å². The van der Waals surface area contributed by atoms with Gasteiger partial charge in [0.05, 0.1) is 4.92 Å². The van der Waals surface area contributed by atoms with E-state index in [1.807, 2.05) is 0 Å². The molecular weight excluding hydrogens is 271 g/mol. The van der Waals surface area contributed by atoms with Gasteiger partial charge in [0, 0.05) is 0 Å². The molecule has 0 atom stereocenters. The highest BCUT2D eigenvalue weighted by atomic mass is 19.1. The van der Waals surface area contributed by atoms with E-state index in [2.05, 4.69) is 15.5 Å². The van der Waals surface area contributed by atoms with Gasteiger partial charge in [0.1, 0.15) is 17.1 Å². The quantitative estimate of drug-likeness (QED) is 0.449. The average Bonchev–Trinajstić information content (AvgIpc) is 2.76. The Kier molecular flexibility index (Phi) is 3.34. The lowest BCUT2D eigenvalue weighted by Crippen LogP contribution is -2.15. The van der Waals surface area contributed by atoms with Gasteiger partial charge in [-0.05, 0) is 19.1 Å². The van der Waals surface area contributed by atoms with Crippen molar-refractivity contribution < 1.29 is 19.2 Å². The fourth-order valence-corrected chi connectivity index (χ4v) is 1.61. The minimum atomic E-state index is -0.999. The third kappa shape index (κ3) is 2.28. The van der Waals surface area contributed by atoms with Crippen molar-refractivity contribution in [2.24, 2.45) is 0 Å². The van der Waals surface area contributed by atoms with Crippen molar-refractivity contribution in [3.63, 3.8) is 0 Å². The summed E-state index contributed by atoms with van der Waals surface area (Å²) in [4.78, 5) is 21.9. The van der Waals surface area contributed by atoms with Crippen molar-refractivity contribution in [1.82, 2.24) is 10.2 Å². The van der Waals surface area contributed by atoms with E-state index in [-0.39, 0.29) is 5.69 Å². The number of phenolic OH excluding ortho intramolecular Hbond substituents is 1. The maximum Gasteiger partial charge on any atom is 0.322 e. The second-order valence-electron chi connectivity index (χ2n) is 3.89. The molecule has 0 saturated heterocycles. The highest BCUT2D eigenvalue weighted by molar-refractivity contribution is 6.06. The lowest BCUT2D eigenvalue weighted by atomic mass is 10.2. The Labute approximate surface area is 111 Å². The zero-order valence-electron chi connectivity index (χ0n) is 10.2. The number of H-pyrrole nitrogens is 1. The molecule has 1 aromatic heterocycles. The molecule has 104 valence electrons. The SMILES string of the molecule is Cc1[nH]nc(C(=O)Nc2c(O)cccc2F)c1[N+](=O)[O-]. The number of halogens is 1. The summed E-state index contributed by atoms with van der Waals surface area (Å²) in [5.41, 5.74) is -1.36. The Hall–Kier alpha value is -2.97. The molecule has 0 bridgehead atoms. The summed E-state index contributed by atoms with van der Waals surface area (Å²) in [5, 5.41) is 28.2. The van der Waals surface area contributed by atoms with Crippen LogP contribution in [0.4, 0.5) is 15.8 Å². The molecule has 0 spiro atoms. The van der Waals surface area contributed by atoms with Gasteiger partial charge in [-0.15, -0.1) is 0 Å². The van der Waals surface area contributed by atoms with Crippen molar-refractivity contribution >= 4 is 17.3 Å². The Morgan fingerprint density at radius 1 is 1.55 bits per heavy atom. The summed E-state index contributed by atoms with van der Waals surface area (Å²) in [6, 6.07) is 3.45. The molecule has 2 aromatic rings. The zero-order chi connectivity index (χ0) is 14.9. The number of carbonyl (C=O) groups is 1. The third-order valence-electron chi connectivity index (χ3n) is 2.54. The van der Waals surface area contributed by atoms with Crippen LogP contribution in [0.25, 0.3) is 0 Å². The molecule has 0 fully saturated rings. The fourth-order valence-electron chi connectivity index (χ4n) is 1.61. The second-order valence-corrected chi connectivity index (χ2v) is 3.89. The van der Waals surface area contributed by atoms with Gasteiger partial charge in [0.2, 0.25) is 5.69 Å². The van der Waals surface area contributed by atoms with Crippen molar-refractivity contribution in [2.45, 2.75) is 6.92 Å². The van der Waals surface area contributed by atoms with E-state index >= 15 is 0 Å². The van der Waals surface area contributed by atoms with Crippen LogP contribution in [0.3, 0.4) is 0 Å². The maximum atomic E-state index is 13.5. The largest absolute Gasteiger partial charge is 0.506 e. The van der Waals surface area contributed by atoms with E-state index in [9.17, 15) is 24.4 Å². The number of anilines is 1. The number of carbonyl (C=O) groups excluding carboxylic acids is 1. The van der Waals surface area contributed by atoms with E-state index < -0.39 is 39.5 Å². The predicted molar refractivity (Wildman–Crippen MR) is 66.0 cm³/mol. The molecule has 0 aliphatic rings. The van der Waals surface area contributed by atoms with Gasteiger partial charge < -0.3 is 10.4 Å². The van der Waals surface area contributed by atoms with E-state index in [4.69, 9.17) is 0 Å². The fraction of sp³-hybridized carbons (Fsp3) is 0.0909. The number of hydrogen-bond acceptors (Lipinski definition) is 5. The minimum Gasteiger partial charge on any atom is -0.506 e. The van der Waals surface area contributed by atoms with Crippen molar-refractivity contribution in [1.29, 1.82) is 0 Å². The molecule has 0 aliphatic heterocycles. The number of phenols is 1. The third-order valence-corrected chi connectivity index (χ3v) is 2.54. The summed E-state index contributed by atoms with van der Waals surface area (Å²) >= 11 is 0. The molecule has 0 unspecified atom stereocenters. The first-order valence-electron chi connectivity index (χ1n) is 5.40. The van der Waals surface area contributed by atoms with Crippen LogP contribution in [-0.2, 0) is 0 Å². The highest BCUT2D eigenvalue weighted by Gasteiger charge is 2.28. The van der Waals surface area contributed by atoms with Crippen molar-refractivity contribution in [3.8, 4) is 5.75 Å². The number of nitrogens with one attached hydrogen (secondary N) is 2. The summed E-state index contributed by atoms with van der Waals surface area (Å²) in [7, 11) is 0. The predicted octanol–water partition coefficient (Wildman–Crippen LogP) is 1.72. The second kappa shape index (κ2) is 4.96. The van der Waals surface area contributed by atoms with Crippen LogP contribution in [0.15, 0.2) is 18.2 Å². The molecule has 1 heterocycles. The van der Waals surface area contributed by atoms with Crippen LogP contribution in [0.2, 0.25) is 0 Å².